The van der Waals surface area contributed by atoms with Crippen molar-refractivity contribution in [3.63, 3.8) is 0 Å². The molecule has 0 fully saturated rings. The van der Waals surface area contributed by atoms with E-state index in [1.165, 1.54) is 0 Å². The van der Waals surface area contributed by atoms with Crippen molar-refractivity contribution in [1.82, 2.24) is 45.2 Å². The van der Waals surface area contributed by atoms with Crippen LogP contribution in [0.3, 0.4) is 0 Å². The third-order valence-electron chi connectivity index (χ3n) is 5.77. The van der Waals surface area contributed by atoms with Gasteiger partial charge < -0.3 is 24.7 Å². The van der Waals surface area contributed by atoms with Crippen LogP contribution in [-0.4, -0.2) is 76.9 Å². The summed E-state index contributed by atoms with van der Waals surface area (Å²) in [6.45, 7) is 11.0. The number of rotatable bonds is 15. The molecule has 3 aromatic rings. The molecule has 12 heteroatoms. The molecule has 0 atom stereocenters. The zero-order valence-corrected chi connectivity index (χ0v) is 21.5. The van der Waals surface area contributed by atoms with E-state index in [1.807, 2.05) is 0 Å². The molecule has 0 bridgehead atoms. The number of carbonyl (C=O) groups excluding carboxylic acids is 2. The van der Waals surface area contributed by atoms with Crippen LogP contribution in [0, 0.1) is 0 Å². The number of nitrogens with one attached hydrogen (secondary N) is 3. The predicted octanol–water partition coefficient (Wildman–Crippen LogP) is 1.85. The summed E-state index contributed by atoms with van der Waals surface area (Å²) in [5.41, 5.74) is 0. The first-order chi connectivity index (χ1) is 17.3. The van der Waals surface area contributed by atoms with E-state index in [0.717, 1.165) is 19.4 Å². The Kier molecular flexibility index (Phi) is 10.2. The summed E-state index contributed by atoms with van der Waals surface area (Å²) < 4.78 is 5.20. The third-order valence-corrected chi connectivity index (χ3v) is 5.77. The maximum atomic E-state index is 13.0. The number of H-pyrrole nitrogens is 2. The molecule has 196 valence electrons. The van der Waals surface area contributed by atoms with Crippen LogP contribution in [0.4, 0.5) is 0 Å². The van der Waals surface area contributed by atoms with Crippen LogP contribution >= 0.6 is 0 Å². The lowest BCUT2D eigenvalue weighted by Gasteiger charge is -2.30. The van der Waals surface area contributed by atoms with Gasteiger partial charge in [-0.15, -0.1) is 0 Å². The summed E-state index contributed by atoms with van der Waals surface area (Å²) in [6.07, 6.45) is 8.49. The molecule has 3 heterocycles. The Morgan fingerprint density at radius 3 is 2.17 bits per heavy atom. The van der Waals surface area contributed by atoms with E-state index >= 15 is 0 Å². The lowest BCUT2D eigenvalue weighted by molar-refractivity contribution is -0.132. The molecule has 2 amide bonds. The standard InChI is InChI=1S/C24H37N9O3/c1-17(2)33(18(3)4)12-6-5-7-29-22(34)14-23-30-19(31-36-23)13-24(35)32(15-20-25-8-9-26-20)16-21-27-10-11-28-21/h8-11,17-18H,5-7,12-16H2,1-4H3,(H,25,26)(H,27,28)(H,29,34). The van der Waals surface area contributed by atoms with E-state index in [2.05, 4.69) is 68.0 Å². The van der Waals surface area contributed by atoms with Crippen LogP contribution in [0.25, 0.3) is 0 Å². The van der Waals surface area contributed by atoms with Crippen molar-refractivity contribution in [2.45, 2.75) is 78.6 Å². The molecule has 12 nitrogen and oxygen atoms in total. The van der Waals surface area contributed by atoms with Gasteiger partial charge >= 0.3 is 0 Å². The number of unbranched alkanes of at least 4 members (excludes halogenated alkanes) is 1. The third kappa shape index (κ3) is 8.59. The molecule has 3 N–H and O–H groups in total. The van der Waals surface area contributed by atoms with E-state index in [0.29, 0.717) is 30.3 Å². The van der Waals surface area contributed by atoms with Crippen LogP contribution < -0.4 is 5.32 Å². The van der Waals surface area contributed by atoms with Gasteiger partial charge in [-0.3, -0.25) is 14.5 Å². The van der Waals surface area contributed by atoms with E-state index in [-0.39, 0.29) is 49.5 Å². The summed E-state index contributed by atoms with van der Waals surface area (Å²) in [4.78, 5) is 47.9. The molecule has 0 aliphatic carbocycles. The van der Waals surface area contributed by atoms with Gasteiger partial charge in [0.1, 0.15) is 18.1 Å². The van der Waals surface area contributed by atoms with Crippen LogP contribution in [0.5, 0.6) is 0 Å². The molecule has 0 unspecified atom stereocenters. The second-order valence-corrected chi connectivity index (χ2v) is 9.26. The minimum atomic E-state index is -0.212. The highest BCUT2D eigenvalue weighted by Gasteiger charge is 2.21. The first-order valence-electron chi connectivity index (χ1n) is 12.4. The van der Waals surface area contributed by atoms with Crippen molar-refractivity contribution in [2.24, 2.45) is 0 Å². The maximum absolute atomic E-state index is 13.0. The molecule has 36 heavy (non-hydrogen) atoms. The van der Waals surface area contributed by atoms with Crippen LogP contribution in [-0.2, 0) is 35.5 Å². The normalized spacial score (nSPS) is 11.5. The fraction of sp³-hybridized carbons (Fsp3) is 0.583. The number of aromatic amines is 2. The smallest absolute Gasteiger partial charge is 0.236 e. The number of carbonyl (C=O) groups is 2. The zero-order valence-electron chi connectivity index (χ0n) is 21.5. The lowest BCUT2D eigenvalue weighted by atomic mass is 10.2. The largest absolute Gasteiger partial charge is 0.356 e. The molecule has 0 radical (unpaired) electrons. The minimum absolute atomic E-state index is 0.0200. The number of imidazole rings is 2. The lowest BCUT2D eigenvalue weighted by Crippen LogP contribution is -2.38. The first-order valence-corrected chi connectivity index (χ1v) is 12.4. The van der Waals surface area contributed by atoms with Gasteiger partial charge in [0.15, 0.2) is 5.82 Å². The van der Waals surface area contributed by atoms with Crippen molar-refractivity contribution in [3.05, 3.63) is 48.2 Å². The Morgan fingerprint density at radius 2 is 1.61 bits per heavy atom. The molecule has 0 aliphatic heterocycles. The van der Waals surface area contributed by atoms with E-state index in [4.69, 9.17) is 4.52 Å². The Bertz CT molecular complexity index is 1000. The fourth-order valence-electron chi connectivity index (χ4n) is 4.00. The highest BCUT2D eigenvalue weighted by molar-refractivity contribution is 5.78. The Labute approximate surface area is 211 Å². The van der Waals surface area contributed by atoms with Crippen molar-refractivity contribution in [2.75, 3.05) is 13.1 Å². The van der Waals surface area contributed by atoms with Crippen molar-refractivity contribution in [1.29, 1.82) is 0 Å². The molecular weight excluding hydrogens is 462 g/mol. The number of nitrogens with zero attached hydrogens (tertiary/aromatic N) is 6. The summed E-state index contributed by atoms with van der Waals surface area (Å²) in [7, 11) is 0. The Hall–Kier alpha value is -3.54. The van der Waals surface area contributed by atoms with Crippen molar-refractivity contribution >= 4 is 11.8 Å². The van der Waals surface area contributed by atoms with Gasteiger partial charge in [-0.25, -0.2) is 9.97 Å². The topological polar surface area (TPSA) is 149 Å². The summed E-state index contributed by atoms with van der Waals surface area (Å²) >= 11 is 0. The molecule has 0 saturated carbocycles. The summed E-state index contributed by atoms with van der Waals surface area (Å²) in [5, 5.41) is 6.78. The number of hydrogen-bond donors (Lipinski definition) is 3. The van der Waals surface area contributed by atoms with Crippen LogP contribution in [0.2, 0.25) is 0 Å². The molecule has 3 rings (SSSR count). The summed E-state index contributed by atoms with van der Waals surface area (Å²) in [5.74, 6) is 1.33. The second-order valence-electron chi connectivity index (χ2n) is 9.26. The molecule has 3 aromatic heterocycles. The molecular formula is C24H37N9O3. The number of aromatic nitrogens is 6. The van der Waals surface area contributed by atoms with Gasteiger partial charge in [0.25, 0.3) is 0 Å². The van der Waals surface area contributed by atoms with E-state index in [1.54, 1.807) is 29.7 Å². The molecule has 0 spiro atoms. The Balaban J connectivity index is 1.44. The summed E-state index contributed by atoms with van der Waals surface area (Å²) in [6, 6.07) is 1.00. The van der Waals surface area contributed by atoms with E-state index < -0.39 is 0 Å². The average Bonchev–Trinajstić information content (AvgIpc) is 3.59. The predicted molar refractivity (Wildman–Crippen MR) is 132 cm³/mol. The molecule has 0 aliphatic rings. The van der Waals surface area contributed by atoms with E-state index in [9.17, 15) is 9.59 Å². The first kappa shape index (κ1) is 27.1. The fourth-order valence-corrected chi connectivity index (χ4v) is 4.00. The number of hydrogen-bond acceptors (Lipinski definition) is 8. The van der Waals surface area contributed by atoms with Gasteiger partial charge in [0, 0.05) is 43.4 Å². The van der Waals surface area contributed by atoms with Gasteiger partial charge in [-0.05, 0) is 47.1 Å². The monoisotopic (exact) mass is 499 g/mol. The van der Waals surface area contributed by atoms with Crippen LogP contribution in [0.15, 0.2) is 29.3 Å². The van der Waals surface area contributed by atoms with Gasteiger partial charge in [-0.1, -0.05) is 5.16 Å². The van der Waals surface area contributed by atoms with Crippen molar-refractivity contribution in [3.8, 4) is 0 Å². The zero-order chi connectivity index (χ0) is 25.9. The quantitative estimate of drug-likeness (QED) is 0.268. The minimum Gasteiger partial charge on any atom is -0.356 e. The van der Waals surface area contributed by atoms with Crippen molar-refractivity contribution < 1.29 is 14.1 Å². The van der Waals surface area contributed by atoms with Gasteiger partial charge in [0.2, 0.25) is 17.7 Å². The van der Waals surface area contributed by atoms with Crippen LogP contribution in [0.1, 0.15) is 63.9 Å². The highest BCUT2D eigenvalue weighted by atomic mass is 16.5. The van der Waals surface area contributed by atoms with Gasteiger partial charge in [0.05, 0.1) is 19.5 Å². The SMILES string of the molecule is CC(C)N(CCCCNC(=O)Cc1nc(CC(=O)N(Cc2ncc[nH]2)Cc2ncc[nH]2)no1)C(C)C. The number of amides is 2. The molecule has 0 aromatic carbocycles. The molecule has 0 saturated heterocycles. The highest BCUT2D eigenvalue weighted by Crippen LogP contribution is 2.09. The Morgan fingerprint density at radius 1 is 0.972 bits per heavy atom. The average molecular weight is 500 g/mol. The maximum Gasteiger partial charge on any atom is 0.236 e. The van der Waals surface area contributed by atoms with Gasteiger partial charge in [-0.2, -0.15) is 4.98 Å². The second kappa shape index (κ2) is 13.5.